The second kappa shape index (κ2) is 9.02. The summed E-state index contributed by atoms with van der Waals surface area (Å²) in [7, 11) is 0. The molecule has 1 amide bonds. The maximum Gasteiger partial charge on any atom is 0.257 e. The van der Waals surface area contributed by atoms with Gasteiger partial charge in [-0.15, -0.1) is 0 Å². The molecule has 3 heterocycles. The highest BCUT2D eigenvalue weighted by Gasteiger charge is 2.28. The third kappa shape index (κ3) is 4.13. The minimum Gasteiger partial charge on any atom is -0.468 e. The van der Waals surface area contributed by atoms with E-state index in [0.717, 1.165) is 31.7 Å². The fourth-order valence-corrected chi connectivity index (χ4v) is 4.19. The zero-order valence-corrected chi connectivity index (χ0v) is 17.4. The molecule has 0 spiro atoms. The van der Waals surface area contributed by atoms with Gasteiger partial charge in [0.25, 0.3) is 5.91 Å². The Hall–Kier alpha value is -2.64. The summed E-state index contributed by atoms with van der Waals surface area (Å²) in [4.78, 5) is 15.4. The minimum absolute atomic E-state index is 0.0554. The van der Waals surface area contributed by atoms with E-state index in [2.05, 4.69) is 15.4 Å². The van der Waals surface area contributed by atoms with Crippen LogP contribution in [0.2, 0.25) is 5.02 Å². The van der Waals surface area contributed by atoms with Crippen molar-refractivity contribution in [2.75, 3.05) is 19.6 Å². The predicted octanol–water partition coefficient (Wildman–Crippen LogP) is 4.99. The Kier molecular flexibility index (Phi) is 6.20. The van der Waals surface area contributed by atoms with Crippen LogP contribution in [-0.2, 0) is 0 Å². The molecule has 1 aliphatic rings. The average Bonchev–Trinajstić information content (AvgIpc) is 3.39. The lowest BCUT2D eigenvalue weighted by Crippen LogP contribution is -2.40. The Morgan fingerprint density at radius 2 is 2.07 bits per heavy atom. The number of piperidine rings is 1. The van der Waals surface area contributed by atoms with Gasteiger partial charge < -0.3 is 14.3 Å². The summed E-state index contributed by atoms with van der Waals surface area (Å²) in [5.41, 5.74) is 0.333. The van der Waals surface area contributed by atoms with Gasteiger partial charge in [0.15, 0.2) is 0 Å². The minimum atomic E-state index is -0.563. The highest BCUT2D eigenvalue weighted by molar-refractivity contribution is 6.33. The van der Waals surface area contributed by atoms with Gasteiger partial charge in [-0.05, 0) is 57.1 Å². The number of furan rings is 1. The molecule has 0 saturated carbocycles. The molecule has 8 heteroatoms. The molecule has 1 aliphatic heterocycles. The summed E-state index contributed by atoms with van der Waals surface area (Å²) in [5, 5.41) is 7.03. The third-order valence-electron chi connectivity index (χ3n) is 5.45. The first kappa shape index (κ1) is 20.6. The summed E-state index contributed by atoms with van der Waals surface area (Å²) in [5.74, 6) is 0.147. The molecule has 1 unspecified atom stereocenters. The van der Waals surface area contributed by atoms with E-state index in [4.69, 9.17) is 20.5 Å². The van der Waals surface area contributed by atoms with Crippen LogP contribution in [0.5, 0.6) is 0 Å². The molecule has 1 aromatic carbocycles. The first-order valence-electron chi connectivity index (χ1n) is 10.0. The van der Waals surface area contributed by atoms with Crippen LogP contribution in [0.4, 0.5) is 4.39 Å². The predicted molar refractivity (Wildman–Crippen MR) is 111 cm³/mol. The van der Waals surface area contributed by atoms with E-state index in [-0.39, 0.29) is 27.9 Å². The highest BCUT2D eigenvalue weighted by Crippen LogP contribution is 2.33. The summed E-state index contributed by atoms with van der Waals surface area (Å²) in [6, 6.07) is 8.01. The lowest BCUT2D eigenvalue weighted by Gasteiger charge is -2.33. The van der Waals surface area contributed by atoms with Gasteiger partial charge >= 0.3 is 0 Å². The number of aryl methyl sites for hydroxylation is 1. The van der Waals surface area contributed by atoms with Crippen molar-refractivity contribution in [1.82, 2.24) is 15.4 Å². The zero-order valence-electron chi connectivity index (χ0n) is 16.7. The van der Waals surface area contributed by atoms with Crippen molar-refractivity contribution in [2.45, 2.75) is 32.2 Å². The number of likely N-dealkylation sites (tertiary alicyclic amines) is 1. The van der Waals surface area contributed by atoms with Gasteiger partial charge in [-0.3, -0.25) is 9.69 Å². The molecule has 4 rings (SSSR count). The molecule has 0 radical (unpaired) electrons. The van der Waals surface area contributed by atoms with Gasteiger partial charge in [0, 0.05) is 6.54 Å². The second-order valence-corrected chi connectivity index (χ2v) is 7.80. The van der Waals surface area contributed by atoms with E-state index in [9.17, 15) is 9.18 Å². The van der Waals surface area contributed by atoms with Crippen molar-refractivity contribution >= 4 is 17.5 Å². The van der Waals surface area contributed by atoms with Crippen molar-refractivity contribution in [2.24, 2.45) is 0 Å². The second-order valence-electron chi connectivity index (χ2n) is 7.40. The number of amides is 1. The fraction of sp³-hybridized carbons (Fsp3) is 0.364. The number of rotatable bonds is 6. The normalized spacial score (nSPS) is 15.8. The van der Waals surface area contributed by atoms with E-state index >= 15 is 0 Å². The SMILES string of the molecule is Cc1onc(-c2c(F)cccc2Cl)c1C(=O)NCC(c1ccco1)N1CCCCC1. The van der Waals surface area contributed by atoms with Crippen molar-refractivity contribution in [3.05, 3.63) is 64.5 Å². The van der Waals surface area contributed by atoms with E-state index in [1.165, 1.54) is 18.6 Å². The van der Waals surface area contributed by atoms with Crippen LogP contribution in [0.3, 0.4) is 0 Å². The summed E-state index contributed by atoms with van der Waals surface area (Å²) in [6.07, 6.45) is 5.08. The molecule has 0 bridgehead atoms. The number of benzene rings is 1. The number of carbonyl (C=O) groups excluding carboxylic acids is 1. The van der Waals surface area contributed by atoms with Crippen LogP contribution in [0.25, 0.3) is 11.3 Å². The van der Waals surface area contributed by atoms with Gasteiger partial charge in [0.1, 0.15) is 28.6 Å². The first-order valence-corrected chi connectivity index (χ1v) is 10.4. The molecule has 3 aromatic rings. The third-order valence-corrected chi connectivity index (χ3v) is 5.76. The number of nitrogens with zero attached hydrogens (tertiary/aromatic N) is 2. The molecule has 1 atom stereocenters. The lowest BCUT2D eigenvalue weighted by molar-refractivity contribution is 0.0913. The Morgan fingerprint density at radius 1 is 1.27 bits per heavy atom. The van der Waals surface area contributed by atoms with E-state index in [1.54, 1.807) is 19.3 Å². The summed E-state index contributed by atoms with van der Waals surface area (Å²) >= 11 is 6.17. The molecule has 30 heavy (non-hydrogen) atoms. The van der Waals surface area contributed by atoms with Crippen LogP contribution in [0.1, 0.15) is 47.2 Å². The topological polar surface area (TPSA) is 71.5 Å². The maximum atomic E-state index is 14.4. The molecule has 1 fully saturated rings. The Bertz CT molecular complexity index is 993. The molecule has 6 nitrogen and oxygen atoms in total. The summed E-state index contributed by atoms with van der Waals surface area (Å²) in [6.45, 7) is 3.86. The smallest absolute Gasteiger partial charge is 0.257 e. The largest absolute Gasteiger partial charge is 0.468 e. The molecule has 158 valence electrons. The van der Waals surface area contributed by atoms with Gasteiger partial charge in [-0.2, -0.15) is 0 Å². The molecule has 0 aliphatic carbocycles. The average molecular weight is 432 g/mol. The van der Waals surface area contributed by atoms with E-state index < -0.39 is 11.7 Å². The number of halogens is 2. The Morgan fingerprint density at radius 3 is 2.77 bits per heavy atom. The van der Waals surface area contributed by atoms with Gasteiger partial charge in [-0.25, -0.2) is 4.39 Å². The molecule has 1 saturated heterocycles. The van der Waals surface area contributed by atoms with Crippen LogP contribution in [0.15, 0.2) is 45.5 Å². The number of nitrogens with one attached hydrogen (secondary N) is 1. The first-order chi connectivity index (χ1) is 14.6. The Balaban J connectivity index is 1.57. The Labute approximate surface area is 179 Å². The van der Waals surface area contributed by atoms with Gasteiger partial charge in [-0.1, -0.05) is 29.2 Å². The van der Waals surface area contributed by atoms with Crippen LogP contribution >= 0.6 is 11.6 Å². The lowest BCUT2D eigenvalue weighted by atomic mass is 10.0. The van der Waals surface area contributed by atoms with E-state index in [0.29, 0.717) is 12.3 Å². The van der Waals surface area contributed by atoms with Crippen molar-refractivity contribution < 1.29 is 18.1 Å². The van der Waals surface area contributed by atoms with Crippen molar-refractivity contribution in [3.63, 3.8) is 0 Å². The molecular weight excluding hydrogens is 409 g/mol. The fourth-order valence-electron chi connectivity index (χ4n) is 3.93. The molecular formula is C22H23ClFN3O3. The van der Waals surface area contributed by atoms with Crippen molar-refractivity contribution in [3.8, 4) is 11.3 Å². The number of hydrogen-bond donors (Lipinski definition) is 1. The monoisotopic (exact) mass is 431 g/mol. The zero-order chi connectivity index (χ0) is 21.1. The van der Waals surface area contributed by atoms with E-state index in [1.807, 2.05) is 12.1 Å². The number of hydrogen-bond acceptors (Lipinski definition) is 5. The quantitative estimate of drug-likeness (QED) is 0.595. The molecule has 1 N–H and O–H groups in total. The van der Waals surface area contributed by atoms with Gasteiger partial charge in [0.05, 0.1) is 22.9 Å². The van der Waals surface area contributed by atoms with Crippen LogP contribution in [-0.4, -0.2) is 35.6 Å². The van der Waals surface area contributed by atoms with Gasteiger partial charge in [0.2, 0.25) is 0 Å². The van der Waals surface area contributed by atoms with Crippen LogP contribution in [0, 0.1) is 12.7 Å². The maximum absolute atomic E-state index is 14.4. The highest BCUT2D eigenvalue weighted by atomic mass is 35.5. The standard InChI is InChI=1S/C22H23ClFN3O3/c1-14-19(21(26-30-14)20-15(23)7-5-8-16(20)24)22(28)25-13-17(18-9-6-12-29-18)27-10-3-2-4-11-27/h5-9,12,17H,2-4,10-11,13H2,1H3,(H,25,28). The molecule has 2 aromatic heterocycles. The van der Waals surface area contributed by atoms with Crippen LogP contribution < -0.4 is 5.32 Å². The van der Waals surface area contributed by atoms with Crippen molar-refractivity contribution in [1.29, 1.82) is 0 Å². The summed E-state index contributed by atoms with van der Waals surface area (Å²) < 4.78 is 25.3. The number of aromatic nitrogens is 1. The number of carbonyl (C=O) groups is 1.